The van der Waals surface area contributed by atoms with Gasteiger partial charge >= 0.3 is 0 Å². The predicted molar refractivity (Wildman–Crippen MR) is 205 cm³/mol. The fraction of sp³-hybridized carbons (Fsp3) is 0.0444. The van der Waals surface area contributed by atoms with Crippen LogP contribution in [0.1, 0.15) is 29.0 Å². The van der Waals surface area contributed by atoms with E-state index in [1.165, 1.54) is 0 Å². The van der Waals surface area contributed by atoms with E-state index >= 15 is 0 Å². The number of nitrogens with zero attached hydrogens (tertiary/aromatic N) is 1. The van der Waals surface area contributed by atoms with Crippen LogP contribution in [0.25, 0.3) is 76.9 Å². The largest absolute Gasteiger partial charge is 0.456 e. The van der Waals surface area contributed by atoms with Gasteiger partial charge in [0.1, 0.15) is 51.7 Å². The molecule has 0 amide bonds. The smallest absolute Gasteiger partial charge is 0.143 e. The van der Waals surface area contributed by atoms with E-state index in [0.29, 0.717) is 0 Å². The third kappa shape index (κ3) is 4.43. The summed E-state index contributed by atoms with van der Waals surface area (Å²) in [5.41, 5.74) is 10.3. The molecule has 1 aliphatic rings. The lowest BCUT2D eigenvalue weighted by Crippen LogP contribution is -2.44. The van der Waals surface area contributed by atoms with Gasteiger partial charge < -0.3 is 18.6 Å². The molecule has 10 aromatic rings. The fourth-order valence-electron chi connectivity index (χ4n) is 7.76. The first-order valence-electron chi connectivity index (χ1n) is 17.2. The van der Waals surface area contributed by atoms with Crippen LogP contribution in [-0.4, -0.2) is 5.84 Å². The van der Waals surface area contributed by atoms with E-state index in [-0.39, 0.29) is 12.3 Å². The molecule has 0 bridgehead atoms. The van der Waals surface area contributed by atoms with E-state index in [9.17, 15) is 0 Å². The van der Waals surface area contributed by atoms with Gasteiger partial charge in [0.25, 0.3) is 0 Å². The van der Waals surface area contributed by atoms with Crippen LogP contribution in [0.2, 0.25) is 0 Å². The number of hydrogen-bond donors (Lipinski definition) is 2. The molecule has 11 rings (SSSR count). The highest BCUT2D eigenvalue weighted by molar-refractivity contribution is 6.18. The van der Waals surface area contributed by atoms with Gasteiger partial charge in [0.15, 0.2) is 0 Å². The Balaban J connectivity index is 1.07. The van der Waals surface area contributed by atoms with E-state index in [0.717, 1.165) is 99.5 Å². The quantitative estimate of drug-likeness (QED) is 0.197. The SMILES string of the molecule is c1ccc(C2NC(c3ccc4oc5cccc(-c6cccc7c6oc6ccccc67)c5c4c3)=NC(c3ccc4c(c3)oc3ccccc34)N2)cc1. The van der Waals surface area contributed by atoms with E-state index in [2.05, 4.69) is 120 Å². The Morgan fingerprint density at radius 3 is 2.00 bits per heavy atom. The Bertz CT molecular complexity index is 3000. The van der Waals surface area contributed by atoms with Crippen LogP contribution in [0, 0.1) is 0 Å². The Labute approximate surface area is 291 Å². The van der Waals surface area contributed by atoms with Gasteiger partial charge in [-0.05, 0) is 59.2 Å². The summed E-state index contributed by atoms with van der Waals surface area (Å²) in [7, 11) is 0. The van der Waals surface area contributed by atoms with Crippen LogP contribution in [0.3, 0.4) is 0 Å². The molecule has 0 spiro atoms. The standard InChI is InChI=1S/C45H29N3O3/c1-2-10-26(11-3-1)43-46-44(48-45(47-43)28-20-22-31-29-12-4-6-17-36(29)50-40(31)25-28)27-21-23-38-35(24-27)41-32(14-9-19-39(41)49-38)34-16-8-15-33-30-13-5-7-18-37(30)51-42(33)34/h1-25,43,45,47H,(H,46,48). The van der Waals surface area contributed by atoms with Crippen LogP contribution in [-0.2, 0) is 0 Å². The minimum Gasteiger partial charge on any atom is -0.456 e. The highest BCUT2D eigenvalue weighted by Crippen LogP contribution is 2.42. The van der Waals surface area contributed by atoms with Gasteiger partial charge in [-0.2, -0.15) is 0 Å². The minimum absolute atomic E-state index is 0.173. The van der Waals surface area contributed by atoms with Crippen molar-refractivity contribution < 1.29 is 13.3 Å². The molecule has 0 aliphatic carbocycles. The van der Waals surface area contributed by atoms with E-state index in [4.69, 9.17) is 18.2 Å². The fourth-order valence-corrected chi connectivity index (χ4v) is 7.76. The number of hydrogen-bond acceptors (Lipinski definition) is 6. The zero-order valence-electron chi connectivity index (χ0n) is 27.3. The molecule has 242 valence electrons. The van der Waals surface area contributed by atoms with Crippen molar-refractivity contribution in [2.45, 2.75) is 12.3 Å². The number of amidine groups is 1. The van der Waals surface area contributed by atoms with Crippen molar-refractivity contribution >= 4 is 71.7 Å². The average Bonchev–Trinajstić information content (AvgIpc) is 3.88. The highest BCUT2D eigenvalue weighted by atomic mass is 16.3. The zero-order valence-corrected chi connectivity index (χ0v) is 27.3. The normalized spacial score (nSPS) is 16.4. The molecule has 3 aromatic heterocycles. The van der Waals surface area contributed by atoms with Crippen LogP contribution >= 0.6 is 0 Å². The third-order valence-electron chi connectivity index (χ3n) is 10.2. The first-order valence-corrected chi connectivity index (χ1v) is 17.2. The predicted octanol–water partition coefficient (Wildman–Crippen LogP) is 11.4. The number of nitrogens with one attached hydrogen (secondary N) is 2. The second-order valence-electron chi connectivity index (χ2n) is 13.2. The maximum atomic E-state index is 6.47. The zero-order chi connectivity index (χ0) is 33.5. The molecule has 6 nitrogen and oxygen atoms in total. The molecular weight excluding hydrogens is 631 g/mol. The van der Waals surface area contributed by atoms with Gasteiger partial charge in [-0.1, -0.05) is 109 Å². The van der Waals surface area contributed by atoms with Gasteiger partial charge in [0.05, 0.1) is 0 Å². The number of furan rings is 3. The average molecular weight is 660 g/mol. The first kappa shape index (κ1) is 28.2. The lowest BCUT2D eigenvalue weighted by Gasteiger charge is -2.32. The summed E-state index contributed by atoms with van der Waals surface area (Å²) in [4.78, 5) is 5.28. The lowest BCUT2D eigenvalue weighted by atomic mass is 9.97. The van der Waals surface area contributed by atoms with Gasteiger partial charge in [-0.15, -0.1) is 0 Å². The minimum atomic E-state index is -0.317. The van der Waals surface area contributed by atoms with Crippen molar-refractivity contribution in [1.29, 1.82) is 0 Å². The molecule has 7 aromatic carbocycles. The highest BCUT2D eigenvalue weighted by Gasteiger charge is 2.27. The molecule has 0 saturated heterocycles. The van der Waals surface area contributed by atoms with Crippen molar-refractivity contribution in [3.63, 3.8) is 0 Å². The van der Waals surface area contributed by atoms with E-state index < -0.39 is 0 Å². The van der Waals surface area contributed by atoms with Gasteiger partial charge in [0.2, 0.25) is 0 Å². The molecule has 0 saturated carbocycles. The molecule has 4 heterocycles. The summed E-state index contributed by atoms with van der Waals surface area (Å²) in [5.74, 6) is 0.797. The second-order valence-corrected chi connectivity index (χ2v) is 13.2. The molecule has 0 fully saturated rings. The first-order chi connectivity index (χ1) is 25.2. The lowest BCUT2D eigenvalue weighted by molar-refractivity contribution is 0.409. The third-order valence-corrected chi connectivity index (χ3v) is 10.2. The molecule has 2 atom stereocenters. The van der Waals surface area contributed by atoms with Crippen LogP contribution < -0.4 is 10.6 Å². The van der Waals surface area contributed by atoms with Crippen molar-refractivity contribution in [3.05, 3.63) is 168 Å². The molecule has 6 heteroatoms. The summed E-state index contributed by atoms with van der Waals surface area (Å²) in [5, 5.41) is 13.9. The monoisotopic (exact) mass is 659 g/mol. The summed E-state index contributed by atoms with van der Waals surface area (Å²) >= 11 is 0. The van der Waals surface area contributed by atoms with Crippen molar-refractivity contribution in [1.82, 2.24) is 10.6 Å². The number of rotatable bonds is 4. The Morgan fingerprint density at radius 1 is 0.451 bits per heavy atom. The Hall–Kier alpha value is -6.63. The van der Waals surface area contributed by atoms with Crippen LogP contribution in [0.5, 0.6) is 0 Å². The van der Waals surface area contributed by atoms with Gasteiger partial charge in [-0.25, -0.2) is 4.99 Å². The number of benzene rings is 7. The van der Waals surface area contributed by atoms with Gasteiger partial charge in [-0.3, -0.25) is 5.32 Å². The Kier molecular flexibility index (Phi) is 6.05. The molecule has 0 radical (unpaired) electrons. The number of para-hydroxylation sites is 3. The van der Waals surface area contributed by atoms with Crippen molar-refractivity contribution in [3.8, 4) is 11.1 Å². The summed E-state index contributed by atoms with van der Waals surface area (Å²) in [6.07, 6.45) is -0.491. The Morgan fingerprint density at radius 2 is 1.12 bits per heavy atom. The molecular formula is C45H29N3O3. The van der Waals surface area contributed by atoms with Crippen molar-refractivity contribution in [2.24, 2.45) is 4.99 Å². The molecule has 1 aliphatic heterocycles. The summed E-state index contributed by atoms with van der Waals surface area (Å²) in [6, 6.07) is 52.1. The number of fused-ring (bicyclic) bond motifs is 9. The van der Waals surface area contributed by atoms with Crippen LogP contribution in [0.4, 0.5) is 0 Å². The number of aliphatic imine (C=N–C) groups is 1. The molecule has 2 N–H and O–H groups in total. The van der Waals surface area contributed by atoms with E-state index in [1.807, 2.05) is 42.5 Å². The van der Waals surface area contributed by atoms with Gasteiger partial charge in [0, 0.05) is 43.4 Å². The molecule has 51 heavy (non-hydrogen) atoms. The second kappa shape index (κ2) is 10.9. The topological polar surface area (TPSA) is 75.8 Å². The maximum absolute atomic E-state index is 6.47. The van der Waals surface area contributed by atoms with Crippen molar-refractivity contribution in [2.75, 3.05) is 0 Å². The van der Waals surface area contributed by atoms with Crippen LogP contribution in [0.15, 0.2) is 170 Å². The maximum Gasteiger partial charge on any atom is 0.143 e. The summed E-state index contributed by atoms with van der Waals surface area (Å²) < 4.78 is 19.2. The molecule has 2 unspecified atom stereocenters. The summed E-state index contributed by atoms with van der Waals surface area (Å²) in [6.45, 7) is 0. The van der Waals surface area contributed by atoms with E-state index in [1.54, 1.807) is 0 Å².